The highest BCUT2D eigenvalue weighted by Gasteiger charge is 2.14. The lowest BCUT2D eigenvalue weighted by atomic mass is 9.99. The van der Waals surface area contributed by atoms with E-state index in [-0.39, 0.29) is 0 Å². The predicted octanol–water partition coefficient (Wildman–Crippen LogP) is 1.45. The molecular weight excluding hydrogens is 334 g/mol. The molecule has 1 fully saturated rings. The van der Waals surface area contributed by atoms with Gasteiger partial charge in [0.2, 0.25) is 0 Å². The minimum Gasteiger partial charge on any atom is -0.404 e. The minimum atomic E-state index is 0.375. The van der Waals surface area contributed by atoms with Crippen molar-refractivity contribution in [2.24, 2.45) is 11.5 Å². The quantitative estimate of drug-likeness (QED) is 0.454. The molecule has 1 aliphatic heterocycles. The van der Waals surface area contributed by atoms with Crippen LogP contribution in [0.1, 0.15) is 18.4 Å². The summed E-state index contributed by atoms with van der Waals surface area (Å²) in [6.07, 6.45) is 12.1. The van der Waals surface area contributed by atoms with E-state index in [1.807, 2.05) is 18.2 Å². The fourth-order valence-electron chi connectivity index (χ4n) is 3.13. The molecule has 0 aromatic heterocycles. The van der Waals surface area contributed by atoms with Gasteiger partial charge in [-0.25, -0.2) is 0 Å². The molecule has 1 aromatic rings. The second-order valence-electron chi connectivity index (χ2n) is 6.30. The predicted molar refractivity (Wildman–Crippen MR) is 115 cm³/mol. The van der Waals surface area contributed by atoms with E-state index in [1.165, 1.54) is 12.3 Å². The van der Waals surface area contributed by atoms with Crippen LogP contribution in [-0.4, -0.2) is 19.1 Å². The molecule has 1 aliphatic rings. The summed E-state index contributed by atoms with van der Waals surface area (Å²) in [6, 6.07) is 6.49. The van der Waals surface area contributed by atoms with Crippen LogP contribution in [0.25, 0.3) is 17.8 Å². The third-order valence-electron chi connectivity index (χ3n) is 4.55. The van der Waals surface area contributed by atoms with E-state index in [0.29, 0.717) is 11.6 Å². The summed E-state index contributed by atoms with van der Waals surface area (Å²) in [6.45, 7) is 9.45. The number of nitriles is 1. The molecule has 6 N–H and O–H groups in total. The Labute approximate surface area is 160 Å². The maximum Gasteiger partial charge on any atom is 0.0991 e. The van der Waals surface area contributed by atoms with E-state index in [9.17, 15) is 5.26 Å². The van der Waals surface area contributed by atoms with Crippen LogP contribution in [0.2, 0.25) is 0 Å². The molecule has 1 aromatic carbocycles. The van der Waals surface area contributed by atoms with Gasteiger partial charge < -0.3 is 22.1 Å². The minimum absolute atomic E-state index is 0.375. The first-order valence-electron chi connectivity index (χ1n) is 8.99. The van der Waals surface area contributed by atoms with E-state index < -0.39 is 0 Å². The van der Waals surface area contributed by atoms with Gasteiger partial charge in [-0.1, -0.05) is 31.4 Å². The van der Waals surface area contributed by atoms with Crippen molar-refractivity contribution in [3.05, 3.63) is 71.3 Å². The zero-order chi connectivity index (χ0) is 19.6. The lowest BCUT2D eigenvalue weighted by Crippen LogP contribution is -2.38. The summed E-state index contributed by atoms with van der Waals surface area (Å²) < 4.78 is 0. The Morgan fingerprint density at radius 3 is 2.56 bits per heavy atom. The maximum atomic E-state index is 9.19. The van der Waals surface area contributed by atoms with Crippen molar-refractivity contribution in [2.75, 3.05) is 18.4 Å². The Morgan fingerprint density at radius 1 is 1.26 bits per heavy atom. The van der Waals surface area contributed by atoms with Gasteiger partial charge in [-0.3, -0.25) is 0 Å². The molecule has 5 heteroatoms. The number of nitrogens with zero attached hydrogens (tertiary/aromatic N) is 1. The zero-order valence-corrected chi connectivity index (χ0v) is 15.5. The van der Waals surface area contributed by atoms with Gasteiger partial charge in [0.1, 0.15) is 0 Å². The van der Waals surface area contributed by atoms with Gasteiger partial charge in [0, 0.05) is 29.3 Å². The van der Waals surface area contributed by atoms with E-state index >= 15 is 0 Å². The number of piperidine rings is 1. The van der Waals surface area contributed by atoms with Crippen LogP contribution in [0.3, 0.4) is 0 Å². The summed E-state index contributed by atoms with van der Waals surface area (Å²) in [5.74, 6) is 0. The second kappa shape index (κ2) is 10.0. The number of hydrogen-bond donors (Lipinski definition) is 4. The Balaban J connectivity index is 2.60. The smallest absolute Gasteiger partial charge is 0.0991 e. The summed E-state index contributed by atoms with van der Waals surface area (Å²) in [5.41, 5.74) is 14.8. The first-order chi connectivity index (χ1) is 13.2. The van der Waals surface area contributed by atoms with Gasteiger partial charge in [0.25, 0.3) is 0 Å². The van der Waals surface area contributed by atoms with Gasteiger partial charge in [-0.05, 0) is 60.5 Å². The Hall–Kier alpha value is -3.23. The van der Waals surface area contributed by atoms with Gasteiger partial charge in [-0.15, -0.1) is 0 Å². The van der Waals surface area contributed by atoms with E-state index in [0.717, 1.165) is 53.2 Å². The monoisotopic (exact) mass is 361 g/mol. The standard InChI is InChI=1S/C22H27N5/c1-3-5-17-11-18(19(14-24)10-16(4-2)13-23)12-22(21(17)15-25)27-20-6-8-26-9-7-20/h3-5,10-12,14-15,20,26-27H,1-2,6-9,24-25H2/b16-10+,17-5-,19-14+,21-15+. The Kier molecular flexibility index (Phi) is 7.48. The fraction of sp³-hybridized carbons (Fsp3) is 0.227. The number of allylic oxidation sites excluding steroid dienone is 5. The van der Waals surface area contributed by atoms with Crippen LogP contribution >= 0.6 is 0 Å². The average molecular weight is 361 g/mol. The van der Waals surface area contributed by atoms with Crippen molar-refractivity contribution in [2.45, 2.75) is 18.9 Å². The molecule has 2 rings (SSSR count). The molecule has 27 heavy (non-hydrogen) atoms. The number of anilines is 1. The molecule has 0 bridgehead atoms. The molecule has 0 aliphatic carbocycles. The lowest BCUT2D eigenvalue weighted by molar-refractivity contribution is 0.479. The lowest BCUT2D eigenvalue weighted by Gasteiger charge is -2.25. The normalized spacial score (nSPS) is 17.4. The van der Waals surface area contributed by atoms with Crippen molar-refractivity contribution < 1.29 is 0 Å². The Bertz CT molecular complexity index is 909. The molecule has 0 spiro atoms. The number of rotatable bonds is 6. The van der Waals surface area contributed by atoms with Crippen LogP contribution in [0.4, 0.5) is 5.69 Å². The van der Waals surface area contributed by atoms with E-state index in [1.54, 1.807) is 18.4 Å². The number of nitrogens with one attached hydrogen (secondary N) is 2. The molecule has 0 radical (unpaired) electrons. The highest BCUT2D eigenvalue weighted by Crippen LogP contribution is 2.19. The highest BCUT2D eigenvalue weighted by atomic mass is 15.0. The van der Waals surface area contributed by atoms with Crippen LogP contribution in [0.5, 0.6) is 0 Å². The molecule has 0 atom stereocenters. The third kappa shape index (κ3) is 5.13. The average Bonchev–Trinajstić information content (AvgIpc) is 2.70. The SMILES string of the molecule is C=C/C=c1/cc(C(/C=C(/C#N)C=C)=C/N)cc(NC2CCNCC2)/c1=C/N. The van der Waals surface area contributed by atoms with Crippen LogP contribution in [0, 0.1) is 11.3 Å². The summed E-state index contributed by atoms with van der Waals surface area (Å²) in [5, 5.41) is 18.0. The fourth-order valence-corrected chi connectivity index (χ4v) is 3.13. The van der Waals surface area contributed by atoms with Crippen LogP contribution in [0.15, 0.2) is 55.3 Å². The van der Waals surface area contributed by atoms with Crippen molar-refractivity contribution in [3.63, 3.8) is 0 Å². The Morgan fingerprint density at radius 2 is 2.00 bits per heavy atom. The maximum absolute atomic E-state index is 9.19. The molecular formula is C22H27N5. The van der Waals surface area contributed by atoms with Gasteiger partial charge in [0.05, 0.1) is 11.6 Å². The number of nitrogens with two attached hydrogens (primary N) is 2. The second-order valence-corrected chi connectivity index (χ2v) is 6.30. The van der Waals surface area contributed by atoms with Gasteiger partial charge in [0.15, 0.2) is 0 Å². The molecule has 0 saturated carbocycles. The third-order valence-corrected chi connectivity index (χ3v) is 4.55. The number of benzene rings is 1. The molecule has 0 unspecified atom stereocenters. The highest BCUT2D eigenvalue weighted by molar-refractivity contribution is 5.78. The first-order valence-corrected chi connectivity index (χ1v) is 8.99. The summed E-state index contributed by atoms with van der Waals surface area (Å²) in [7, 11) is 0. The van der Waals surface area contributed by atoms with E-state index in [4.69, 9.17) is 11.5 Å². The molecule has 140 valence electrons. The topological polar surface area (TPSA) is 99.9 Å². The van der Waals surface area contributed by atoms with Crippen LogP contribution < -0.4 is 32.5 Å². The van der Waals surface area contributed by atoms with Crippen LogP contribution in [-0.2, 0) is 0 Å². The zero-order valence-electron chi connectivity index (χ0n) is 15.5. The summed E-state index contributed by atoms with van der Waals surface area (Å²) in [4.78, 5) is 0. The first kappa shape index (κ1) is 20.1. The van der Waals surface area contributed by atoms with E-state index in [2.05, 4.69) is 29.9 Å². The molecule has 1 saturated heterocycles. The van der Waals surface area contributed by atoms with Gasteiger partial charge >= 0.3 is 0 Å². The van der Waals surface area contributed by atoms with Crippen molar-refractivity contribution in [1.29, 1.82) is 5.26 Å². The molecule has 1 heterocycles. The molecule has 5 nitrogen and oxygen atoms in total. The van der Waals surface area contributed by atoms with Crippen molar-refractivity contribution in [3.8, 4) is 6.07 Å². The van der Waals surface area contributed by atoms with Crippen molar-refractivity contribution in [1.82, 2.24) is 5.32 Å². The summed E-state index contributed by atoms with van der Waals surface area (Å²) >= 11 is 0. The van der Waals surface area contributed by atoms with Gasteiger partial charge in [-0.2, -0.15) is 5.26 Å². The molecule has 0 amide bonds. The largest absolute Gasteiger partial charge is 0.404 e. The van der Waals surface area contributed by atoms with Crippen molar-refractivity contribution >= 4 is 23.5 Å². The number of hydrogen-bond acceptors (Lipinski definition) is 5.